The number of anilines is 2. The number of ether oxygens (including phenoxy) is 2. The first kappa shape index (κ1) is 24.5. The number of carbonyl (C=O) groups is 7. The fraction of sp³-hybridized carbons (Fsp3) is 0.240. The van der Waals surface area contributed by atoms with E-state index in [1.54, 1.807) is 0 Å². The van der Waals surface area contributed by atoms with Gasteiger partial charge in [-0.2, -0.15) is 0 Å². The zero-order chi connectivity index (χ0) is 25.8. The van der Waals surface area contributed by atoms with Crippen molar-refractivity contribution in [2.75, 3.05) is 23.0 Å². The van der Waals surface area contributed by atoms with Crippen molar-refractivity contribution in [3.8, 4) is 0 Å². The minimum Gasteiger partial charge on any atom is -0.454 e. The van der Waals surface area contributed by atoms with E-state index >= 15 is 0 Å². The summed E-state index contributed by atoms with van der Waals surface area (Å²) in [6.45, 7) is -1.34. The van der Waals surface area contributed by atoms with Gasteiger partial charge in [0.25, 0.3) is 0 Å². The Morgan fingerprint density at radius 2 is 0.972 bits per heavy atom. The number of esters is 2. The number of carbonyl (C=O) groups excluding carboxylic acids is 7. The minimum atomic E-state index is -0.858. The molecule has 0 saturated carbocycles. The lowest BCUT2D eigenvalue weighted by Gasteiger charge is -2.15. The molecule has 4 rings (SSSR count). The van der Waals surface area contributed by atoms with Gasteiger partial charge in [0.2, 0.25) is 29.4 Å². The van der Waals surface area contributed by atoms with E-state index in [9.17, 15) is 33.6 Å². The molecule has 2 aromatic carbocycles. The zero-order valence-electron chi connectivity index (χ0n) is 18.9. The van der Waals surface area contributed by atoms with Crippen molar-refractivity contribution in [2.24, 2.45) is 0 Å². The third-order valence-electron chi connectivity index (χ3n) is 5.51. The van der Waals surface area contributed by atoms with Crippen LogP contribution >= 0.6 is 0 Å². The quantitative estimate of drug-likeness (QED) is 0.396. The first-order valence-electron chi connectivity index (χ1n) is 11.0. The van der Waals surface area contributed by atoms with Gasteiger partial charge in [-0.05, 0) is 36.4 Å². The second kappa shape index (κ2) is 10.3. The number of benzene rings is 2. The van der Waals surface area contributed by atoms with Crippen LogP contribution in [0.4, 0.5) is 11.4 Å². The molecule has 2 heterocycles. The van der Waals surface area contributed by atoms with Crippen molar-refractivity contribution in [1.29, 1.82) is 0 Å². The van der Waals surface area contributed by atoms with E-state index in [-0.39, 0.29) is 71.8 Å². The Morgan fingerprint density at radius 1 is 0.611 bits per heavy atom. The molecule has 11 nitrogen and oxygen atoms in total. The summed E-state index contributed by atoms with van der Waals surface area (Å²) in [5, 5.41) is 0. The Hall–Kier alpha value is -4.67. The zero-order valence-corrected chi connectivity index (χ0v) is 18.9. The molecule has 0 spiro atoms. The lowest BCUT2D eigenvalue weighted by molar-refractivity contribution is -0.125. The van der Waals surface area contributed by atoms with Gasteiger partial charge in [0.05, 0.1) is 22.5 Å². The molecule has 0 aliphatic carbocycles. The predicted octanol–water partition coefficient (Wildman–Crippen LogP) is 1.58. The van der Waals surface area contributed by atoms with Gasteiger partial charge >= 0.3 is 11.9 Å². The lowest BCUT2D eigenvalue weighted by atomic mass is 10.2. The number of hydrogen-bond donors (Lipinski definition) is 0. The molecule has 0 N–H and O–H groups in total. The van der Waals surface area contributed by atoms with Crippen LogP contribution in [0.2, 0.25) is 0 Å². The second-order valence-electron chi connectivity index (χ2n) is 8.04. The Balaban J connectivity index is 1.29. The van der Waals surface area contributed by atoms with Gasteiger partial charge in [-0.1, -0.05) is 12.1 Å². The molecule has 0 radical (unpaired) electrons. The summed E-state index contributed by atoms with van der Waals surface area (Å²) in [6.07, 6.45) is 0.387. The van der Waals surface area contributed by atoms with Crippen LogP contribution in [0.1, 0.15) is 46.4 Å². The number of ketones is 1. The van der Waals surface area contributed by atoms with Crippen LogP contribution < -0.4 is 9.80 Å². The van der Waals surface area contributed by atoms with Gasteiger partial charge in [-0.3, -0.25) is 33.8 Å². The van der Waals surface area contributed by atoms with Gasteiger partial charge in [0, 0.05) is 25.7 Å². The summed E-state index contributed by atoms with van der Waals surface area (Å²) < 4.78 is 9.92. The van der Waals surface area contributed by atoms with E-state index in [0.29, 0.717) is 0 Å². The highest BCUT2D eigenvalue weighted by molar-refractivity contribution is 6.20. The van der Waals surface area contributed by atoms with Gasteiger partial charge in [-0.25, -0.2) is 9.59 Å². The molecule has 0 bridgehead atoms. The second-order valence-corrected chi connectivity index (χ2v) is 8.04. The number of rotatable bonds is 8. The first-order chi connectivity index (χ1) is 17.2. The molecule has 4 amide bonds. The topological polar surface area (TPSA) is 144 Å². The smallest absolute Gasteiger partial charge is 0.338 e. The standard InChI is InChI=1S/C25H20N2O9/c28-19(13-35-24(33)15-3-1-5-17(11-15)26-20(29)7-8-21(26)30)14-36-25(34)16-4-2-6-18(12-16)27-22(31)9-10-23(27)32/h1-6,11-12H,7-10,13-14H2. The molecule has 2 aliphatic rings. The Bertz CT molecular complexity index is 1170. The van der Waals surface area contributed by atoms with Crippen molar-refractivity contribution in [2.45, 2.75) is 25.7 Å². The summed E-state index contributed by atoms with van der Waals surface area (Å²) in [5.74, 6) is -3.89. The summed E-state index contributed by atoms with van der Waals surface area (Å²) in [4.78, 5) is 86.3. The van der Waals surface area contributed by atoms with Gasteiger partial charge in [0.15, 0.2) is 13.2 Å². The Morgan fingerprint density at radius 3 is 1.33 bits per heavy atom. The summed E-state index contributed by atoms with van der Waals surface area (Å²) in [6, 6.07) is 11.4. The summed E-state index contributed by atoms with van der Waals surface area (Å²) in [5.41, 5.74) is 0.536. The van der Waals surface area contributed by atoms with Crippen LogP contribution in [0.3, 0.4) is 0 Å². The van der Waals surface area contributed by atoms with Gasteiger partial charge in [0.1, 0.15) is 0 Å². The van der Waals surface area contributed by atoms with Crippen molar-refractivity contribution < 1.29 is 43.0 Å². The van der Waals surface area contributed by atoms with E-state index in [0.717, 1.165) is 9.80 Å². The van der Waals surface area contributed by atoms with Crippen molar-refractivity contribution >= 4 is 52.7 Å². The molecular formula is C25H20N2O9. The third kappa shape index (κ3) is 5.19. The third-order valence-corrected chi connectivity index (χ3v) is 5.51. The molecule has 184 valence electrons. The average Bonchev–Trinajstić information content (AvgIpc) is 3.40. The van der Waals surface area contributed by atoms with Crippen LogP contribution in [0, 0.1) is 0 Å². The van der Waals surface area contributed by atoms with Crippen molar-refractivity contribution in [1.82, 2.24) is 0 Å². The summed E-state index contributed by atoms with van der Waals surface area (Å²) >= 11 is 0. The number of hydrogen-bond acceptors (Lipinski definition) is 9. The van der Waals surface area contributed by atoms with Crippen molar-refractivity contribution in [3.05, 3.63) is 59.7 Å². The van der Waals surface area contributed by atoms with E-state index in [1.807, 2.05) is 0 Å². The number of Topliss-reactive ketones (excluding diaryl/α,β-unsaturated/α-hetero) is 1. The molecule has 2 fully saturated rings. The van der Waals surface area contributed by atoms with Gasteiger partial charge in [-0.15, -0.1) is 0 Å². The number of imide groups is 2. The Labute approximate surface area is 204 Å². The maximum atomic E-state index is 12.3. The monoisotopic (exact) mass is 492 g/mol. The molecule has 2 saturated heterocycles. The maximum Gasteiger partial charge on any atom is 0.338 e. The van der Waals surface area contributed by atoms with Gasteiger partial charge < -0.3 is 9.47 Å². The largest absolute Gasteiger partial charge is 0.454 e. The fourth-order valence-corrected chi connectivity index (χ4v) is 3.77. The predicted molar refractivity (Wildman–Crippen MR) is 122 cm³/mol. The fourth-order valence-electron chi connectivity index (χ4n) is 3.77. The number of nitrogens with zero attached hydrogens (tertiary/aromatic N) is 2. The van der Waals surface area contributed by atoms with Crippen LogP contribution in [0.25, 0.3) is 0 Å². The van der Waals surface area contributed by atoms with E-state index in [1.165, 1.54) is 48.5 Å². The minimum absolute atomic E-state index is 0.0348. The summed E-state index contributed by atoms with van der Waals surface area (Å²) in [7, 11) is 0. The normalized spacial score (nSPS) is 15.4. The molecule has 0 aromatic heterocycles. The van der Waals surface area contributed by atoms with Crippen LogP contribution in [-0.4, -0.2) is 54.6 Å². The number of amides is 4. The van der Waals surface area contributed by atoms with E-state index in [4.69, 9.17) is 9.47 Å². The van der Waals surface area contributed by atoms with Crippen LogP contribution in [-0.2, 0) is 33.4 Å². The van der Waals surface area contributed by atoms with E-state index < -0.39 is 30.9 Å². The highest BCUT2D eigenvalue weighted by atomic mass is 16.6. The molecule has 0 unspecified atom stereocenters. The first-order valence-corrected chi connectivity index (χ1v) is 11.0. The highest BCUT2D eigenvalue weighted by Gasteiger charge is 2.31. The van der Waals surface area contributed by atoms with E-state index in [2.05, 4.69) is 0 Å². The molecule has 11 heteroatoms. The molecule has 0 atom stereocenters. The molecule has 2 aliphatic heterocycles. The lowest BCUT2D eigenvalue weighted by Crippen LogP contribution is -2.28. The van der Waals surface area contributed by atoms with Crippen LogP contribution in [0.5, 0.6) is 0 Å². The van der Waals surface area contributed by atoms with Crippen LogP contribution in [0.15, 0.2) is 48.5 Å². The molecule has 36 heavy (non-hydrogen) atoms. The molecule has 2 aromatic rings. The Kier molecular flexibility index (Phi) is 7.00. The van der Waals surface area contributed by atoms with Crippen molar-refractivity contribution in [3.63, 3.8) is 0 Å². The average molecular weight is 492 g/mol. The molecular weight excluding hydrogens is 472 g/mol. The maximum absolute atomic E-state index is 12.3. The highest BCUT2D eigenvalue weighted by Crippen LogP contribution is 2.25. The SMILES string of the molecule is O=C(COC(=O)c1cccc(N2C(=O)CCC2=O)c1)COC(=O)c1cccc(N2C(=O)CCC2=O)c1.